The van der Waals surface area contributed by atoms with E-state index >= 15 is 0 Å². The Morgan fingerprint density at radius 2 is 0.565 bits per heavy atom. The van der Waals surface area contributed by atoms with Gasteiger partial charge in [0, 0.05) is 59.4 Å². The molecule has 0 N–H and O–H groups in total. The first-order valence-corrected chi connectivity index (χ1v) is 31.2. The van der Waals surface area contributed by atoms with Gasteiger partial charge in [-0.25, -0.2) is 4.85 Å². The van der Waals surface area contributed by atoms with Gasteiger partial charge in [0.2, 0.25) is 5.69 Å². The van der Waals surface area contributed by atoms with E-state index in [1.165, 1.54) is 0 Å². The molecule has 0 aliphatic carbocycles. The van der Waals surface area contributed by atoms with Gasteiger partial charge in [0.25, 0.3) is 0 Å². The molecule has 0 radical (unpaired) electrons. The van der Waals surface area contributed by atoms with Crippen LogP contribution in [-0.2, 0) is 0 Å². The molecule has 20 rings (SSSR count). The van der Waals surface area contributed by atoms with Gasteiger partial charge >= 0.3 is 0 Å². The van der Waals surface area contributed by atoms with Crippen LogP contribution in [0.5, 0.6) is 0 Å². The summed E-state index contributed by atoms with van der Waals surface area (Å²) >= 11 is 0. The summed E-state index contributed by atoms with van der Waals surface area (Å²) in [5, 5.41) is 12.5. The normalized spacial score (nSPS) is 12.1. The molecule has 14 aromatic carbocycles. The maximum Gasteiger partial charge on any atom is 0.238 e. The Labute approximate surface area is 525 Å². The lowest BCUT2D eigenvalue weighted by Gasteiger charge is -2.29. The van der Waals surface area contributed by atoms with Gasteiger partial charge in [0.1, 0.15) is 22.3 Å². The van der Waals surface area contributed by atoms with Crippen molar-refractivity contribution >= 4 is 137 Å². The molecule has 0 spiro atoms. The molecule has 0 amide bonds. The van der Waals surface area contributed by atoms with Gasteiger partial charge < -0.3 is 27.1 Å². The van der Waals surface area contributed by atoms with Gasteiger partial charge in [-0.15, -0.1) is 0 Å². The molecule has 0 aliphatic rings. The predicted octanol–water partition coefficient (Wildman–Crippen LogP) is 23.4. The van der Waals surface area contributed by atoms with Crippen LogP contribution in [0.1, 0.15) is 0 Å². The van der Waals surface area contributed by atoms with Crippen LogP contribution >= 0.6 is 0 Å². The maximum absolute atomic E-state index is 10.4. The number of nitrogens with zero attached hydrogens (tertiary/aromatic N) is 5. The Hall–Kier alpha value is -12.6. The summed E-state index contributed by atoms with van der Waals surface area (Å²) in [7, 11) is 0. The molecule has 0 atom stereocenters. The van der Waals surface area contributed by atoms with Gasteiger partial charge in [0.05, 0.1) is 84.2 Å². The standard InChI is InChI=1S/C85H49N5O2/c1-86-79-82(87-66-35-17-11-29-56(66)57-30-12-18-36-67(57)87)80(89-70-47-45-62-60-33-15-21-39-74(60)91-84(62)77(70)64-43-41-54(49-72(64)89)51-23-5-2-6-24-51)76(53-27-9-4-10-28-53)81(83(79)88-68-37-19-13-31-58(68)59-32-14-20-38-69(59)88)90-71-48-46-63-61-34-16-22-40-75(61)92-85(63)78(71)65-44-42-55(50-73(65)90)52-25-7-3-8-26-52/h2-50H. The molecule has 0 saturated carbocycles. The topological polar surface area (TPSA) is 50.4 Å². The minimum Gasteiger partial charge on any atom is -0.455 e. The first kappa shape index (κ1) is 50.4. The van der Waals surface area contributed by atoms with E-state index in [0.29, 0.717) is 5.69 Å². The van der Waals surface area contributed by atoms with Gasteiger partial charge in [-0.3, -0.25) is 0 Å². The summed E-state index contributed by atoms with van der Waals surface area (Å²) in [4.78, 5) is 5.14. The minimum atomic E-state index is 0.464. The maximum atomic E-state index is 10.4. The third kappa shape index (κ3) is 6.92. The van der Waals surface area contributed by atoms with Crippen LogP contribution in [0.4, 0.5) is 5.69 Å². The van der Waals surface area contributed by atoms with Gasteiger partial charge in [0.15, 0.2) is 0 Å². The van der Waals surface area contributed by atoms with Crippen molar-refractivity contribution in [2.45, 2.75) is 0 Å². The van der Waals surface area contributed by atoms with E-state index in [2.05, 4.69) is 303 Å². The molecule has 0 unspecified atom stereocenters. The Morgan fingerprint density at radius 1 is 0.239 bits per heavy atom. The molecule has 0 aliphatic heterocycles. The van der Waals surface area contributed by atoms with Crippen LogP contribution < -0.4 is 0 Å². The van der Waals surface area contributed by atoms with E-state index in [1.54, 1.807) is 0 Å². The van der Waals surface area contributed by atoms with Gasteiger partial charge in [-0.2, -0.15) is 0 Å². The number of para-hydroxylation sites is 6. The SMILES string of the molecule is [C-]#[N+]c1c(-n2c3ccccc3c3ccccc32)c(-n2c3cc(-c4ccccc4)ccc3c3c4oc5ccccc5c4ccc32)c(-c2ccccc2)c(-n2c3cc(-c4ccccc4)ccc3c3c4oc5ccccc5c4ccc32)c1-n1c2ccccc2c2ccccc21. The van der Waals surface area contributed by atoms with Gasteiger partial charge in [-0.05, 0) is 101 Å². The zero-order valence-electron chi connectivity index (χ0n) is 49.3. The molecule has 0 saturated heterocycles. The highest BCUT2D eigenvalue weighted by atomic mass is 16.3. The summed E-state index contributed by atoms with van der Waals surface area (Å²) in [5.41, 5.74) is 20.7. The van der Waals surface area contributed by atoms with Crippen molar-refractivity contribution in [3.05, 3.63) is 309 Å². The Bertz CT molecular complexity index is 6090. The highest BCUT2D eigenvalue weighted by Crippen LogP contribution is 2.56. The van der Waals surface area contributed by atoms with E-state index in [0.717, 1.165) is 187 Å². The lowest BCUT2D eigenvalue weighted by Crippen LogP contribution is -2.14. The lowest BCUT2D eigenvalue weighted by atomic mass is 9.95. The molecule has 6 aromatic heterocycles. The van der Waals surface area contributed by atoms with Crippen molar-refractivity contribution < 1.29 is 8.83 Å². The lowest BCUT2D eigenvalue weighted by molar-refractivity contribution is 0.672. The Morgan fingerprint density at radius 3 is 0.957 bits per heavy atom. The molecule has 426 valence electrons. The van der Waals surface area contributed by atoms with Crippen LogP contribution in [0, 0.1) is 6.57 Å². The quantitative estimate of drug-likeness (QED) is 0.149. The van der Waals surface area contributed by atoms with Crippen molar-refractivity contribution in [3.63, 3.8) is 0 Å². The van der Waals surface area contributed by atoms with Crippen molar-refractivity contribution in [1.82, 2.24) is 18.3 Å². The Kier molecular flexibility index (Phi) is 10.5. The van der Waals surface area contributed by atoms with E-state index in [9.17, 15) is 6.57 Å². The van der Waals surface area contributed by atoms with Crippen molar-refractivity contribution in [2.75, 3.05) is 0 Å². The highest BCUT2D eigenvalue weighted by molar-refractivity contribution is 6.27. The van der Waals surface area contributed by atoms with Crippen molar-refractivity contribution in [2.24, 2.45) is 0 Å². The molecule has 6 heterocycles. The number of rotatable bonds is 7. The van der Waals surface area contributed by atoms with E-state index < -0.39 is 0 Å². The molecule has 0 fully saturated rings. The van der Waals surface area contributed by atoms with Crippen LogP contribution in [0.2, 0.25) is 0 Å². The largest absolute Gasteiger partial charge is 0.455 e. The fraction of sp³-hybridized carbons (Fsp3) is 0. The van der Waals surface area contributed by atoms with E-state index in [-0.39, 0.29) is 0 Å². The number of hydrogen-bond donors (Lipinski definition) is 0. The number of aromatic nitrogens is 4. The van der Waals surface area contributed by atoms with Crippen molar-refractivity contribution in [1.29, 1.82) is 0 Å². The predicted molar refractivity (Wildman–Crippen MR) is 381 cm³/mol. The first-order chi connectivity index (χ1) is 45.7. The van der Waals surface area contributed by atoms with Gasteiger partial charge in [-0.1, -0.05) is 224 Å². The first-order valence-electron chi connectivity index (χ1n) is 31.2. The third-order valence-electron chi connectivity index (χ3n) is 19.4. The summed E-state index contributed by atoms with van der Waals surface area (Å²) in [5.74, 6) is 0. The minimum absolute atomic E-state index is 0.464. The molecular weight excluding hydrogens is 1120 g/mol. The summed E-state index contributed by atoms with van der Waals surface area (Å²) in [6.07, 6.45) is 0. The number of hydrogen-bond acceptors (Lipinski definition) is 2. The summed E-state index contributed by atoms with van der Waals surface area (Å²) in [6, 6.07) is 107. The second-order valence-electron chi connectivity index (χ2n) is 24.1. The fourth-order valence-corrected chi connectivity index (χ4v) is 15.5. The smallest absolute Gasteiger partial charge is 0.238 e. The molecule has 7 heteroatoms. The molecule has 7 nitrogen and oxygen atoms in total. The average molecular weight is 1170 g/mol. The summed E-state index contributed by atoms with van der Waals surface area (Å²) < 4.78 is 24.1. The van der Waals surface area contributed by atoms with Crippen LogP contribution in [0.3, 0.4) is 0 Å². The highest BCUT2D eigenvalue weighted by Gasteiger charge is 2.36. The van der Waals surface area contributed by atoms with Crippen LogP contribution in [0.25, 0.3) is 192 Å². The zero-order valence-corrected chi connectivity index (χ0v) is 49.3. The Balaban J connectivity index is 1.11. The fourth-order valence-electron chi connectivity index (χ4n) is 15.5. The number of benzene rings is 14. The molecule has 20 aromatic rings. The monoisotopic (exact) mass is 1170 g/mol. The summed E-state index contributed by atoms with van der Waals surface area (Å²) in [6.45, 7) is 10.4. The zero-order chi connectivity index (χ0) is 60.3. The number of furan rings is 2. The van der Waals surface area contributed by atoms with E-state index in [1.807, 2.05) is 12.1 Å². The van der Waals surface area contributed by atoms with E-state index in [4.69, 9.17) is 13.7 Å². The second-order valence-corrected chi connectivity index (χ2v) is 24.1. The van der Waals surface area contributed by atoms with Crippen LogP contribution in [-0.4, -0.2) is 18.3 Å². The molecule has 92 heavy (non-hydrogen) atoms. The molecular formula is C85H49N5O2. The average Bonchev–Trinajstić information content (AvgIpc) is 1.45. The second kappa shape index (κ2) is 19.2. The van der Waals surface area contributed by atoms with Crippen molar-refractivity contribution in [3.8, 4) is 56.1 Å². The molecule has 0 bridgehead atoms. The number of fused-ring (bicyclic) bond motifs is 20. The third-order valence-corrected chi connectivity index (χ3v) is 19.4. The van der Waals surface area contributed by atoms with Crippen LogP contribution in [0.15, 0.2) is 306 Å².